The molecule has 0 aliphatic heterocycles. The van der Waals surface area contributed by atoms with Gasteiger partial charge >= 0.3 is 12.1 Å². The largest absolute Gasteiger partial charge is 0.463 e. The van der Waals surface area contributed by atoms with Gasteiger partial charge in [-0.2, -0.15) is 0 Å². The number of alkyl carbamates (subject to hydrolysis) is 1. The number of carbonyl (C=O) groups excluding carboxylic acids is 2. The Balaban J connectivity index is 1.59. The Morgan fingerprint density at radius 3 is 2.23 bits per heavy atom. The highest BCUT2D eigenvalue weighted by molar-refractivity contribution is 5.68. The third kappa shape index (κ3) is 6.48. The van der Waals surface area contributed by atoms with Crippen molar-refractivity contribution in [2.75, 3.05) is 0 Å². The molecule has 39 heavy (non-hydrogen) atoms. The number of esters is 1. The lowest BCUT2D eigenvalue weighted by molar-refractivity contribution is -0.164. The van der Waals surface area contributed by atoms with E-state index in [0.717, 1.165) is 43.4 Å². The second-order valence-corrected chi connectivity index (χ2v) is 16.0. The molecule has 0 aromatic heterocycles. The zero-order valence-electron chi connectivity index (χ0n) is 26.6. The lowest BCUT2D eigenvalue weighted by Crippen LogP contribution is -2.62. The van der Waals surface area contributed by atoms with Crippen molar-refractivity contribution in [3.05, 3.63) is 0 Å². The monoisotopic (exact) mass is 545 g/mol. The fraction of sp³-hybridized carbons (Fsp3) is 0.941. The number of hydrogen-bond donors (Lipinski definition) is 1. The van der Waals surface area contributed by atoms with E-state index in [9.17, 15) is 9.59 Å². The molecule has 10 atom stereocenters. The fourth-order valence-corrected chi connectivity index (χ4v) is 10.2. The first-order valence-corrected chi connectivity index (χ1v) is 16.3. The summed E-state index contributed by atoms with van der Waals surface area (Å²) in [6.45, 7) is 19.7. The van der Waals surface area contributed by atoms with Crippen molar-refractivity contribution in [1.29, 1.82) is 0 Å². The second-order valence-electron chi connectivity index (χ2n) is 16.0. The van der Waals surface area contributed by atoms with Crippen LogP contribution in [0.1, 0.15) is 133 Å². The van der Waals surface area contributed by atoms with Crippen LogP contribution in [0.25, 0.3) is 0 Å². The van der Waals surface area contributed by atoms with Gasteiger partial charge in [-0.25, -0.2) is 4.79 Å². The minimum atomic E-state index is -0.511. The number of ether oxygens (including phenoxy) is 2. The molecule has 4 saturated carbocycles. The Labute approximate surface area is 239 Å². The molecule has 5 nitrogen and oxygen atoms in total. The van der Waals surface area contributed by atoms with Crippen molar-refractivity contribution in [2.24, 2.45) is 52.3 Å². The van der Waals surface area contributed by atoms with E-state index in [1.54, 1.807) is 0 Å². The highest BCUT2D eigenvalue weighted by Crippen LogP contribution is 2.68. The molecule has 4 aliphatic carbocycles. The summed E-state index contributed by atoms with van der Waals surface area (Å²) in [4.78, 5) is 24.9. The summed E-state index contributed by atoms with van der Waals surface area (Å²) in [6.07, 6.45) is 12.9. The maximum atomic E-state index is 13.2. The van der Waals surface area contributed by atoms with Crippen molar-refractivity contribution in [3.63, 3.8) is 0 Å². The molecule has 0 bridgehead atoms. The van der Waals surface area contributed by atoms with Crippen LogP contribution in [0.4, 0.5) is 4.79 Å². The minimum Gasteiger partial charge on any atom is -0.463 e. The van der Waals surface area contributed by atoms with Crippen LogP contribution in [-0.4, -0.2) is 29.8 Å². The molecule has 1 N–H and O–H groups in total. The van der Waals surface area contributed by atoms with Gasteiger partial charge in [0.15, 0.2) is 0 Å². The summed E-state index contributed by atoms with van der Waals surface area (Å²) < 4.78 is 11.5. The summed E-state index contributed by atoms with van der Waals surface area (Å²) in [5.74, 6) is 4.35. The van der Waals surface area contributed by atoms with Gasteiger partial charge in [0.25, 0.3) is 0 Å². The van der Waals surface area contributed by atoms with Crippen LogP contribution in [0.15, 0.2) is 0 Å². The summed E-state index contributed by atoms with van der Waals surface area (Å²) in [5, 5.41) is 3.43. The predicted octanol–water partition coefficient (Wildman–Crippen LogP) is 8.54. The van der Waals surface area contributed by atoms with E-state index < -0.39 is 5.60 Å². The van der Waals surface area contributed by atoms with Gasteiger partial charge in [0.1, 0.15) is 11.7 Å². The molecule has 4 aliphatic rings. The van der Waals surface area contributed by atoms with Gasteiger partial charge in [0.05, 0.1) is 0 Å². The summed E-state index contributed by atoms with van der Waals surface area (Å²) in [5.41, 5.74) is 0.0863. The van der Waals surface area contributed by atoms with Gasteiger partial charge in [0, 0.05) is 13.0 Å². The van der Waals surface area contributed by atoms with Gasteiger partial charge < -0.3 is 14.8 Å². The average Bonchev–Trinajstić information content (AvgIpc) is 3.15. The summed E-state index contributed by atoms with van der Waals surface area (Å²) in [6, 6.07) is 0.124. The maximum Gasteiger partial charge on any atom is 0.407 e. The molecule has 0 radical (unpaired) electrons. The average molecular weight is 546 g/mol. The lowest BCUT2D eigenvalue weighted by atomic mass is 9.43. The molecule has 0 spiro atoms. The van der Waals surface area contributed by atoms with E-state index in [1.807, 2.05) is 20.8 Å². The second kappa shape index (κ2) is 11.6. The smallest absolute Gasteiger partial charge is 0.407 e. The number of carbonyl (C=O) groups is 2. The maximum absolute atomic E-state index is 13.2. The molecule has 0 saturated heterocycles. The Morgan fingerprint density at radius 2 is 1.59 bits per heavy atom. The minimum absolute atomic E-state index is 0.00991. The third-order valence-electron chi connectivity index (χ3n) is 11.9. The van der Waals surface area contributed by atoms with Crippen LogP contribution in [0.3, 0.4) is 0 Å². The summed E-state index contributed by atoms with van der Waals surface area (Å²) >= 11 is 0. The zero-order valence-corrected chi connectivity index (χ0v) is 26.6. The SMILES string of the molecule is CC(=O)OC1CC[C@@]2(C)C(C1)CC(NC(=O)OC(C)(C)C)[C@H]1[C@@H]3CC[C@H]([C@H](C)CCCC(C)C)[C@@]3(C)CC[C@@H]12. The van der Waals surface area contributed by atoms with E-state index >= 15 is 0 Å². The van der Waals surface area contributed by atoms with E-state index in [-0.39, 0.29) is 29.6 Å². The van der Waals surface area contributed by atoms with Gasteiger partial charge in [-0.1, -0.05) is 53.9 Å². The van der Waals surface area contributed by atoms with E-state index in [2.05, 4.69) is 39.9 Å². The van der Waals surface area contributed by atoms with Crippen LogP contribution in [0.5, 0.6) is 0 Å². The van der Waals surface area contributed by atoms with Crippen molar-refractivity contribution in [2.45, 2.75) is 151 Å². The number of nitrogens with one attached hydrogen (secondary N) is 1. The molecule has 1 amide bonds. The van der Waals surface area contributed by atoms with Crippen molar-refractivity contribution in [3.8, 4) is 0 Å². The first kappa shape index (κ1) is 30.7. The van der Waals surface area contributed by atoms with E-state index in [1.165, 1.54) is 51.9 Å². The molecule has 3 unspecified atom stereocenters. The highest BCUT2D eigenvalue weighted by atomic mass is 16.6. The molecule has 0 aromatic rings. The number of hydrogen-bond acceptors (Lipinski definition) is 4. The molecule has 5 heteroatoms. The van der Waals surface area contributed by atoms with Crippen LogP contribution < -0.4 is 5.32 Å². The number of rotatable bonds is 7. The van der Waals surface area contributed by atoms with Crippen LogP contribution >= 0.6 is 0 Å². The molecule has 224 valence electrons. The van der Waals surface area contributed by atoms with Crippen LogP contribution in [0.2, 0.25) is 0 Å². The molecule has 0 heterocycles. The molecular formula is C34H59NO4. The molecular weight excluding hydrogens is 486 g/mol. The van der Waals surface area contributed by atoms with Gasteiger partial charge in [0.2, 0.25) is 0 Å². The molecule has 0 aromatic carbocycles. The summed E-state index contributed by atoms with van der Waals surface area (Å²) in [7, 11) is 0. The van der Waals surface area contributed by atoms with Gasteiger partial charge in [-0.05, 0) is 124 Å². The van der Waals surface area contributed by atoms with Crippen LogP contribution in [-0.2, 0) is 14.3 Å². The normalized spacial score (nSPS) is 40.7. The Hall–Kier alpha value is -1.26. The number of amides is 1. The van der Waals surface area contributed by atoms with Crippen molar-refractivity contribution >= 4 is 12.1 Å². The Bertz CT molecular complexity index is 879. The highest BCUT2D eigenvalue weighted by Gasteiger charge is 2.63. The van der Waals surface area contributed by atoms with Crippen molar-refractivity contribution in [1.82, 2.24) is 5.32 Å². The number of fused-ring (bicyclic) bond motifs is 5. The van der Waals surface area contributed by atoms with Crippen LogP contribution in [0, 0.1) is 52.3 Å². The third-order valence-corrected chi connectivity index (χ3v) is 11.9. The molecule has 4 fully saturated rings. The van der Waals surface area contributed by atoms with Gasteiger partial charge in [-0.3, -0.25) is 4.79 Å². The quantitative estimate of drug-likeness (QED) is 0.326. The van der Waals surface area contributed by atoms with E-state index in [4.69, 9.17) is 9.47 Å². The van der Waals surface area contributed by atoms with Gasteiger partial charge in [-0.15, -0.1) is 0 Å². The fourth-order valence-electron chi connectivity index (χ4n) is 10.2. The van der Waals surface area contributed by atoms with Crippen molar-refractivity contribution < 1.29 is 19.1 Å². The first-order valence-electron chi connectivity index (χ1n) is 16.3. The predicted molar refractivity (Wildman–Crippen MR) is 157 cm³/mol. The first-order chi connectivity index (χ1) is 18.1. The zero-order chi connectivity index (χ0) is 28.8. The standard InChI is InChI=1S/C34H59NO4/c1-21(2)11-10-12-22(3)26-13-14-27-30-28(16-18-34(26,27)9)33(8)17-15-25(38-23(4)36)19-24(33)20-29(30)35-31(37)39-32(5,6)7/h21-22,24-30H,10-20H2,1-9H3,(H,35,37)/t22-,24?,25?,26-,27+,28+,29?,30+,33+,34-/m1/s1. The Kier molecular flexibility index (Phi) is 9.09. The Morgan fingerprint density at radius 1 is 0.923 bits per heavy atom. The molecule has 4 rings (SSSR count). The lowest BCUT2D eigenvalue weighted by Gasteiger charge is -2.63. The topological polar surface area (TPSA) is 64.6 Å². The van der Waals surface area contributed by atoms with E-state index in [0.29, 0.717) is 29.1 Å².